The maximum absolute atomic E-state index is 12.0. The van der Waals surface area contributed by atoms with Crippen LogP contribution in [0.25, 0.3) is 0 Å². The fourth-order valence-electron chi connectivity index (χ4n) is 2.23. The molecule has 0 fully saturated rings. The van der Waals surface area contributed by atoms with E-state index >= 15 is 0 Å². The predicted molar refractivity (Wildman–Crippen MR) is 90.2 cm³/mol. The molecule has 23 heavy (non-hydrogen) atoms. The van der Waals surface area contributed by atoms with Crippen molar-refractivity contribution in [1.29, 1.82) is 0 Å². The van der Waals surface area contributed by atoms with Crippen molar-refractivity contribution in [2.45, 2.75) is 19.8 Å². The Kier molecular flexibility index (Phi) is 5.92. The molecule has 1 N–H and O–H groups in total. The molecule has 0 aliphatic heterocycles. The number of hydrogen-bond acceptors (Lipinski definition) is 3. The van der Waals surface area contributed by atoms with Crippen molar-refractivity contribution in [3.8, 4) is 5.75 Å². The average Bonchev–Trinajstić information content (AvgIpc) is 2.58. The van der Waals surface area contributed by atoms with Crippen LogP contribution in [0.3, 0.4) is 0 Å². The fraction of sp³-hybridized carbons (Fsp3) is 0.263. The Balaban J connectivity index is 1.83. The number of para-hydroxylation sites is 1. The lowest BCUT2D eigenvalue weighted by Gasteiger charge is -2.14. The van der Waals surface area contributed by atoms with Crippen LogP contribution in [0.4, 0.5) is 0 Å². The van der Waals surface area contributed by atoms with Crippen LogP contribution in [0.5, 0.6) is 5.75 Å². The zero-order valence-corrected chi connectivity index (χ0v) is 13.4. The maximum atomic E-state index is 12.0. The Bertz CT molecular complexity index is 663. The van der Waals surface area contributed by atoms with Gasteiger partial charge in [-0.1, -0.05) is 44.2 Å². The van der Waals surface area contributed by atoms with Crippen LogP contribution in [0.1, 0.15) is 46.0 Å². The molecule has 0 atom stereocenters. The molecule has 4 heteroatoms. The first-order chi connectivity index (χ1) is 11.1. The van der Waals surface area contributed by atoms with Gasteiger partial charge in [-0.3, -0.25) is 9.59 Å². The molecule has 0 aliphatic rings. The van der Waals surface area contributed by atoms with Gasteiger partial charge >= 0.3 is 0 Å². The lowest BCUT2D eigenvalue weighted by Crippen LogP contribution is -2.28. The minimum Gasteiger partial charge on any atom is -0.491 e. The topological polar surface area (TPSA) is 55.4 Å². The first-order valence-corrected chi connectivity index (χ1v) is 7.67. The lowest BCUT2D eigenvalue weighted by molar-refractivity contribution is 0.0946. The van der Waals surface area contributed by atoms with Crippen LogP contribution in [-0.2, 0) is 0 Å². The summed E-state index contributed by atoms with van der Waals surface area (Å²) in [7, 11) is 0. The van der Waals surface area contributed by atoms with Crippen LogP contribution in [0.2, 0.25) is 0 Å². The van der Waals surface area contributed by atoms with Gasteiger partial charge < -0.3 is 10.1 Å². The van der Waals surface area contributed by atoms with Gasteiger partial charge in [0.15, 0.2) is 0 Å². The van der Waals surface area contributed by atoms with Gasteiger partial charge in [-0.15, -0.1) is 0 Å². The second kappa shape index (κ2) is 8.13. The molecule has 0 radical (unpaired) electrons. The van der Waals surface area contributed by atoms with Crippen molar-refractivity contribution in [2.24, 2.45) is 0 Å². The maximum Gasteiger partial charge on any atom is 0.251 e. The van der Waals surface area contributed by atoms with Crippen LogP contribution in [0.15, 0.2) is 48.5 Å². The van der Waals surface area contributed by atoms with E-state index in [1.807, 2.05) is 24.3 Å². The van der Waals surface area contributed by atoms with E-state index in [-0.39, 0.29) is 5.91 Å². The molecule has 2 aromatic rings. The van der Waals surface area contributed by atoms with Gasteiger partial charge in [0.05, 0.1) is 6.54 Å². The highest BCUT2D eigenvalue weighted by Crippen LogP contribution is 2.25. The molecule has 2 aromatic carbocycles. The van der Waals surface area contributed by atoms with Crippen molar-refractivity contribution in [2.75, 3.05) is 13.2 Å². The number of hydrogen-bond donors (Lipinski definition) is 1. The highest BCUT2D eigenvalue weighted by Gasteiger charge is 2.08. The van der Waals surface area contributed by atoms with Crippen LogP contribution >= 0.6 is 0 Å². The number of rotatable bonds is 7. The van der Waals surface area contributed by atoms with Crippen LogP contribution in [-0.4, -0.2) is 25.3 Å². The number of carbonyl (C=O) groups is 2. The zero-order chi connectivity index (χ0) is 16.7. The van der Waals surface area contributed by atoms with E-state index in [0.29, 0.717) is 30.2 Å². The van der Waals surface area contributed by atoms with Crippen molar-refractivity contribution in [1.82, 2.24) is 5.32 Å². The summed E-state index contributed by atoms with van der Waals surface area (Å²) in [6, 6.07) is 14.4. The number of aldehydes is 1. The van der Waals surface area contributed by atoms with E-state index in [9.17, 15) is 9.59 Å². The molecule has 2 rings (SSSR count). The predicted octanol–water partition coefficient (Wildman–Crippen LogP) is 3.43. The van der Waals surface area contributed by atoms with E-state index in [0.717, 1.165) is 17.6 Å². The Labute approximate surface area is 136 Å². The minimum atomic E-state index is -0.178. The summed E-state index contributed by atoms with van der Waals surface area (Å²) in [6.45, 7) is 5.06. The van der Waals surface area contributed by atoms with Gasteiger partial charge in [-0.2, -0.15) is 0 Å². The molecule has 0 aliphatic carbocycles. The smallest absolute Gasteiger partial charge is 0.251 e. The van der Waals surface area contributed by atoms with Crippen molar-refractivity contribution >= 4 is 12.2 Å². The Morgan fingerprint density at radius 2 is 1.83 bits per heavy atom. The minimum absolute atomic E-state index is 0.178. The normalized spacial score (nSPS) is 10.4. The van der Waals surface area contributed by atoms with Crippen molar-refractivity contribution in [3.63, 3.8) is 0 Å². The molecule has 0 saturated carbocycles. The van der Waals surface area contributed by atoms with Crippen LogP contribution < -0.4 is 10.1 Å². The number of ether oxygens (including phenoxy) is 1. The summed E-state index contributed by atoms with van der Waals surface area (Å²) in [5, 5.41) is 2.80. The number of carbonyl (C=O) groups excluding carboxylic acids is 2. The first-order valence-electron chi connectivity index (χ1n) is 7.67. The fourth-order valence-corrected chi connectivity index (χ4v) is 2.23. The molecule has 0 saturated heterocycles. The molecule has 0 spiro atoms. The third-order valence-corrected chi connectivity index (χ3v) is 3.50. The SMILES string of the molecule is CC(C)c1ccccc1OCCNC(=O)c1ccc(C=O)cc1. The largest absolute Gasteiger partial charge is 0.491 e. The van der Waals surface area contributed by atoms with Gasteiger partial charge in [-0.25, -0.2) is 0 Å². The molecule has 120 valence electrons. The summed E-state index contributed by atoms with van der Waals surface area (Å²) >= 11 is 0. The summed E-state index contributed by atoms with van der Waals surface area (Å²) in [5.74, 6) is 1.06. The Hall–Kier alpha value is -2.62. The summed E-state index contributed by atoms with van der Waals surface area (Å²) in [5.41, 5.74) is 2.23. The van der Waals surface area contributed by atoms with Gasteiger partial charge in [-0.05, 0) is 29.7 Å². The van der Waals surface area contributed by atoms with E-state index in [1.165, 1.54) is 0 Å². The van der Waals surface area contributed by atoms with Crippen molar-refractivity contribution < 1.29 is 14.3 Å². The third kappa shape index (κ3) is 4.68. The molecule has 0 aromatic heterocycles. The average molecular weight is 311 g/mol. The monoisotopic (exact) mass is 311 g/mol. The third-order valence-electron chi connectivity index (χ3n) is 3.50. The molecule has 0 bridgehead atoms. The summed E-state index contributed by atoms with van der Waals surface area (Å²) in [4.78, 5) is 22.6. The molecule has 0 unspecified atom stereocenters. The van der Waals surface area contributed by atoms with Crippen molar-refractivity contribution in [3.05, 3.63) is 65.2 Å². The molecular weight excluding hydrogens is 290 g/mol. The lowest BCUT2D eigenvalue weighted by atomic mass is 10.0. The van der Waals surface area contributed by atoms with Gasteiger partial charge in [0.2, 0.25) is 0 Å². The van der Waals surface area contributed by atoms with E-state index < -0.39 is 0 Å². The van der Waals surface area contributed by atoms with E-state index in [2.05, 4.69) is 19.2 Å². The highest BCUT2D eigenvalue weighted by molar-refractivity contribution is 5.94. The molecule has 1 amide bonds. The zero-order valence-electron chi connectivity index (χ0n) is 13.4. The van der Waals surface area contributed by atoms with Gasteiger partial charge in [0, 0.05) is 11.1 Å². The molecule has 4 nitrogen and oxygen atoms in total. The van der Waals surface area contributed by atoms with Gasteiger partial charge in [0.1, 0.15) is 18.6 Å². The standard InChI is InChI=1S/C19H21NO3/c1-14(2)17-5-3-4-6-18(17)23-12-11-20-19(22)16-9-7-15(13-21)8-10-16/h3-10,13-14H,11-12H2,1-2H3,(H,20,22). The Morgan fingerprint density at radius 3 is 2.48 bits per heavy atom. The number of nitrogens with one attached hydrogen (secondary N) is 1. The second-order valence-corrected chi connectivity index (χ2v) is 5.54. The van der Waals surface area contributed by atoms with E-state index in [4.69, 9.17) is 4.74 Å². The number of amides is 1. The van der Waals surface area contributed by atoms with Crippen LogP contribution in [0, 0.1) is 0 Å². The molecular formula is C19H21NO3. The Morgan fingerprint density at radius 1 is 1.13 bits per heavy atom. The quantitative estimate of drug-likeness (QED) is 0.629. The first kappa shape index (κ1) is 16.7. The summed E-state index contributed by atoms with van der Waals surface area (Å²) < 4.78 is 5.76. The summed E-state index contributed by atoms with van der Waals surface area (Å²) in [6.07, 6.45) is 0.752. The second-order valence-electron chi connectivity index (χ2n) is 5.54. The highest BCUT2D eigenvalue weighted by atomic mass is 16.5. The molecule has 0 heterocycles. The number of benzene rings is 2. The van der Waals surface area contributed by atoms with Gasteiger partial charge in [0.25, 0.3) is 5.91 Å². The van der Waals surface area contributed by atoms with E-state index in [1.54, 1.807) is 24.3 Å².